The average molecular weight is 267 g/mol. The van der Waals surface area contributed by atoms with Crippen molar-refractivity contribution in [2.75, 3.05) is 7.05 Å². The SMILES string of the molecule is CNC#C[C@H](Oc1cccc2c1CCC2)c1ccco1. The second kappa shape index (κ2) is 5.75. The van der Waals surface area contributed by atoms with E-state index in [2.05, 4.69) is 23.3 Å². The van der Waals surface area contributed by atoms with Crippen molar-refractivity contribution in [3.8, 4) is 17.7 Å². The van der Waals surface area contributed by atoms with E-state index in [1.54, 1.807) is 13.3 Å². The number of benzene rings is 1. The third kappa shape index (κ3) is 2.50. The summed E-state index contributed by atoms with van der Waals surface area (Å²) in [6.07, 6.45) is 4.67. The van der Waals surface area contributed by atoms with Crippen LogP contribution in [0.5, 0.6) is 5.75 Å². The minimum Gasteiger partial charge on any atom is -0.469 e. The summed E-state index contributed by atoms with van der Waals surface area (Å²) in [5.41, 5.74) is 2.71. The lowest BCUT2D eigenvalue weighted by atomic mass is 10.1. The van der Waals surface area contributed by atoms with Gasteiger partial charge in [0.15, 0.2) is 5.76 Å². The molecule has 1 aliphatic rings. The second-order valence-corrected chi connectivity index (χ2v) is 4.78. The van der Waals surface area contributed by atoms with Crippen molar-refractivity contribution < 1.29 is 9.15 Å². The molecule has 20 heavy (non-hydrogen) atoms. The van der Waals surface area contributed by atoms with E-state index >= 15 is 0 Å². The molecule has 1 N–H and O–H groups in total. The first-order valence-electron chi connectivity index (χ1n) is 6.86. The first kappa shape index (κ1) is 12.7. The molecule has 2 aromatic rings. The largest absolute Gasteiger partial charge is 0.469 e. The van der Waals surface area contributed by atoms with Crippen LogP contribution in [0, 0.1) is 12.0 Å². The van der Waals surface area contributed by atoms with Gasteiger partial charge in [-0.3, -0.25) is 0 Å². The van der Waals surface area contributed by atoms with Crippen LogP contribution in [-0.4, -0.2) is 7.05 Å². The molecule has 3 nitrogen and oxygen atoms in total. The predicted molar refractivity (Wildman–Crippen MR) is 77.4 cm³/mol. The van der Waals surface area contributed by atoms with Gasteiger partial charge in [0.05, 0.1) is 6.26 Å². The van der Waals surface area contributed by atoms with Gasteiger partial charge in [-0.05, 0) is 54.5 Å². The summed E-state index contributed by atoms with van der Waals surface area (Å²) in [6, 6.07) is 12.8. The van der Waals surface area contributed by atoms with E-state index in [1.165, 1.54) is 17.5 Å². The molecular weight excluding hydrogens is 250 g/mol. The predicted octanol–water partition coefficient (Wildman–Crippen LogP) is 3.07. The Kier molecular flexibility index (Phi) is 3.64. The molecule has 0 bridgehead atoms. The van der Waals surface area contributed by atoms with Crippen LogP contribution in [0.15, 0.2) is 41.0 Å². The number of hydrogen-bond acceptors (Lipinski definition) is 3. The Morgan fingerprint density at radius 2 is 2.20 bits per heavy atom. The van der Waals surface area contributed by atoms with Crippen molar-refractivity contribution in [3.63, 3.8) is 0 Å². The first-order valence-corrected chi connectivity index (χ1v) is 6.86. The molecule has 0 radical (unpaired) electrons. The molecule has 0 spiro atoms. The highest BCUT2D eigenvalue weighted by molar-refractivity contribution is 5.43. The summed E-state index contributed by atoms with van der Waals surface area (Å²) >= 11 is 0. The van der Waals surface area contributed by atoms with Gasteiger partial charge in [0, 0.05) is 13.1 Å². The number of nitrogens with one attached hydrogen (secondary N) is 1. The van der Waals surface area contributed by atoms with Crippen molar-refractivity contribution in [2.45, 2.75) is 25.4 Å². The molecule has 0 unspecified atom stereocenters. The zero-order valence-electron chi connectivity index (χ0n) is 11.5. The number of fused-ring (bicyclic) bond motifs is 1. The Balaban J connectivity index is 1.89. The minimum atomic E-state index is -0.385. The van der Waals surface area contributed by atoms with E-state index < -0.39 is 0 Å². The monoisotopic (exact) mass is 267 g/mol. The molecule has 1 aromatic carbocycles. The van der Waals surface area contributed by atoms with Gasteiger partial charge in [-0.2, -0.15) is 0 Å². The fourth-order valence-electron chi connectivity index (χ4n) is 2.56. The Morgan fingerprint density at radius 1 is 1.25 bits per heavy atom. The lowest BCUT2D eigenvalue weighted by molar-refractivity contribution is 0.229. The Bertz CT molecular complexity index is 635. The van der Waals surface area contributed by atoms with Crippen molar-refractivity contribution in [2.24, 2.45) is 0 Å². The van der Waals surface area contributed by atoms with Gasteiger partial charge in [0.1, 0.15) is 5.75 Å². The van der Waals surface area contributed by atoms with Gasteiger partial charge < -0.3 is 14.5 Å². The first-order chi connectivity index (χ1) is 9.88. The molecule has 0 saturated carbocycles. The maximum atomic E-state index is 6.10. The van der Waals surface area contributed by atoms with Gasteiger partial charge in [0.2, 0.25) is 6.10 Å². The highest BCUT2D eigenvalue weighted by Gasteiger charge is 2.19. The number of aryl methyl sites for hydroxylation is 1. The Hall–Kier alpha value is -2.34. The number of furan rings is 1. The highest BCUT2D eigenvalue weighted by Crippen LogP contribution is 2.33. The lowest BCUT2D eigenvalue weighted by Crippen LogP contribution is -2.07. The Morgan fingerprint density at radius 3 is 3.00 bits per heavy atom. The van der Waals surface area contributed by atoms with Crippen molar-refractivity contribution in [3.05, 3.63) is 53.5 Å². The third-order valence-corrected chi connectivity index (χ3v) is 3.48. The van der Waals surface area contributed by atoms with E-state index in [0.717, 1.165) is 24.4 Å². The van der Waals surface area contributed by atoms with Crippen LogP contribution in [0.1, 0.15) is 29.4 Å². The molecular formula is C17H17NO2. The summed E-state index contributed by atoms with van der Waals surface area (Å²) in [5, 5.41) is 2.82. The van der Waals surface area contributed by atoms with Crippen molar-refractivity contribution >= 4 is 0 Å². The summed E-state index contributed by atoms with van der Waals surface area (Å²) < 4.78 is 11.5. The third-order valence-electron chi connectivity index (χ3n) is 3.48. The van der Waals surface area contributed by atoms with E-state index in [1.807, 2.05) is 24.3 Å². The van der Waals surface area contributed by atoms with Gasteiger partial charge in [-0.1, -0.05) is 12.1 Å². The molecule has 1 aromatic heterocycles. The number of rotatable bonds is 3. The van der Waals surface area contributed by atoms with Crippen LogP contribution in [0.3, 0.4) is 0 Å². The van der Waals surface area contributed by atoms with Gasteiger partial charge in [-0.15, -0.1) is 0 Å². The molecule has 0 saturated heterocycles. The molecule has 1 heterocycles. The van der Waals surface area contributed by atoms with E-state index in [-0.39, 0.29) is 6.10 Å². The molecule has 3 heteroatoms. The van der Waals surface area contributed by atoms with E-state index in [9.17, 15) is 0 Å². The normalized spacial score (nSPS) is 14.1. The standard InChI is InChI=1S/C17H17NO2/c1-18-11-10-17(16-9-4-12-19-16)20-15-8-3-6-13-5-2-7-14(13)15/h3-4,6,8-9,12,17-18H,2,5,7H2,1H3/t17-/m0/s1. The van der Waals surface area contributed by atoms with E-state index in [0.29, 0.717) is 0 Å². The van der Waals surface area contributed by atoms with Crippen LogP contribution < -0.4 is 10.1 Å². The fraction of sp³-hybridized carbons (Fsp3) is 0.294. The average Bonchev–Trinajstić information content (AvgIpc) is 3.14. The van der Waals surface area contributed by atoms with Gasteiger partial charge in [0.25, 0.3) is 0 Å². The van der Waals surface area contributed by atoms with Crippen LogP contribution in [0.25, 0.3) is 0 Å². The summed E-state index contributed by atoms with van der Waals surface area (Å²) in [4.78, 5) is 0. The summed E-state index contributed by atoms with van der Waals surface area (Å²) in [6.45, 7) is 0. The van der Waals surface area contributed by atoms with Crippen LogP contribution in [-0.2, 0) is 12.8 Å². The maximum Gasteiger partial charge on any atom is 0.218 e. The minimum absolute atomic E-state index is 0.385. The summed E-state index contributed by atoms with van der Waals surface area (Å²) in [5.74, 6) is 4.68. The van der Waals surface area contributed by atoms with Crippen LogP contribution in [0.2, 0.25) is 0 Å². The lowest BCUT2D eigenvalue weighted by Gasteiger charge is -2.14. The number of hydrogen-bond donors (Lipinski definition) is 1. The zero-order valence-corrected chi connectivity index (χ0v) is 11.5. The summed E-state index contributed by atoms with van der Waals surface area (Å²) in [7, 11) is 1.78. The molecule has 0 aliphatic heterocycles. The van der Waals surface area contributed by atoms with Crippen molar-refractivity contribution in [1.29, 1.82) is 0 Å². The number of ether oxygens (including phenoxy) is 1. The zero-order chi connectivity index (χ0) is 13.8. The maximum absolute atomic E-state index is 6.10. The smallest absolute Gasteiger partial charge is 0.218 e. The second-order valence-electron chi connectivity index (χ2n) is 4.78. The quantitative estimate of drug-likeness (QED) is 0.685. The van der Waals surface area contributed by atoms with Crippen molar-refractivity contribution in [1.82, 2.24) is 5.32 Å². The fourth-order valence-corrected chi connectivity index (χ4v) is 2.56. The van der Waals surface area contributed by atoms with Crippen LogP contribution in [0.4, 0.5) is 0 Å². The van der Waals surface area contributed by atoms with Crippen LogP contribution >= 0.6 is 0 Å². The van der Waals surface area contributed by atoms with E-state index in [4.69, 9.17) is 9.15 Å². The van der Waals surface area contributed by atoms with Gasteiger partial charge >= 0.3 is 0 Å². The Labute approximate surface area is 118 Å². The molecule has 102 valence electrons. The van der Waals surface area contributed by atoms with Gasteiger partial charge in [-0.25, -0.2) is 0 Å². The molecule has 0 amide bonds. The highest BCUT2D eigenvalue weighted by atomic mass is 16.5. The topological polar surface area (TPSA) is 34.4 Å². The molecule has 1 atom stereocenters. The molecule has 3 rings (SSSR count). The molecule has 1 aliphatic carbocycles. The molecule has 0 fully saturated rings.